The number of carbonyl (C=O) groups is 1. The average Bonchev–Trinajstić information content (AvgIpc) is 3.08. The third-order valence-electron chi connectivity index (χ3n) is 4.49. The second-order valence-electron chi connectivity index (χ2n) is 5.97. The molecule has 6 heteroatoms. The molecule has 132 valence electrons. The minimum Gasteiger partial charge on any atom is -0.407 e. The Morgan fingerprint density at radius 3 is 2.64 bits per heavy atom. The molecule has 0 aromatic heterocycles. The van der Waals surface area contributed by atoms with E-state index in [1.807, 2.05) is 31.2 Å². The maximum absolute atomic E-state index is 13.8. The lowest BCUT2D eigenvalue weighted by Gasteiger charge is -2.31. The van der Waals surface area contributed by atoms with E-state index in [-0.39, 0.29) is 17.7 Å². The molecule has 1 aliphatic rings. The fraction of sp³-hybridized carbons (Fsp3) is 0.316. The summed E-state index contributed by atoms with van der Waals surface area (Å²) in [5.41, 5.74) is 1.11. The first-order valence-electron chi connectivity index (χ1n) is 8.29. The van der Waals surface area contributed by atoms with Crippen LogP contribution in [0.25, 0.3) is 0 Å². The molecule has 0 bridgehead atoms. The van der Waals surface area contributed by atoms with Crippen molar-refractivity contribution in [1.29, 1.82) is 0 Å². The normalized spacial score (nSPS) is 19.6. The number of hydrogen-bond donors (Lipinski definition) is 1. The summed E-state index contributed by atoms with van der Waals surface area (Å²) in [6.07, 6.45) is -0.541. The van der Waals surface area contributed by atoms with E-state index in [2.05, 4.69) is 5.32 Å². The highest BCUT2D eigenvalue weighted by Crippen LogP contribution is 2.28. The van der Waals surface area contributed by atoms with Crippen LogP contribution in [0.3, 0.4) is 0 Å². The molecule has 2 atom stereocenters. The van der Waals surface area contributed by atoms with Gasteiger partial charge in [-0.2, -0.15) is 0 Å². The predicted molar refractivity (Wildman–Crippen MR) is 95.7 cm³/mol. The molecule has 0 spiro atoms. The van der Waals surface area contributed by atoms with Crippen molar-refractivity contribution in [3.05, 3.63) is 64.9 Å². The molecule has 1 fully saturated rings. The van der Waals surface area contributed by atoms with Crippen molar-refractivity contribution in [2.24, 2.45) is 0 Å². The predicted octanol–water partition coefficient (Wildman–Crippen LogP) is 4.06. The highest BCUT2D eigenvalue weighted by Gasteiger charge is 2.36. The van der Waals surface area contributed by atoms with Crippen LogP contribution < -0.4 is 10.1 Å². The molecule has 0 saturated carbocycles. The van der Waals surface area contributed by atoms with Crippen molar-refractivity contribution in [2.45, 2.75) is 18.9 Å². The van der Waals surface area contributed by atoms with E-state index in [0.29, 0.717) is 18.1 Å². The number of benzene rings is 2. The van der Waals surface area contributed by atoms with E-state index in [9.17, 15) is 9.18 Å². The minimum atomic E-state index is -0.550. The molecule has 4 nitrogen and oxygen atoms in total. The van der Waals surface area contributed by atoms with E-state index >= 15 is 0 Å². The van der Waals surface area contributed by atoms with Crippen LogP contribution in [0.4, 0.5) is 9.18 Å². The van der Waals surface area contributed by atoms with Crippen LogP contribution in [0.15, 0.2) is 48.5 Å². The van der Waals surface area contributed by atoms with E-state index in [4.69, 9.17) is 16.3 Å². The quantitative estimate of drug-likeness (QED) is 0.892. The monoisotopic (exact) mass is 362 g/mol. The number of halogens is 2. The molecule has 1 aliphatic heterocycles. The van der Waals surface area contributed by atoms with Crippen LogP contribution in [-0.2, 0) is 0 Å². The van der Waals surface area contributed by atoms with Gasteiger partial charge in [0.1, 0.15) is 0 Å². The van der Waals surface area contributed by atoms with Gasteiger partial charge in [0.2, 0.25) is 0 Å². The highest BCUT2D eigenvalue weighted by molar-refractivity contribution is 6.30. The molecule has 25 heavy (non-hydrogen) atoms. The summed E-state index contributed by atoms with van der Waals surface area (Å²) in [7, 11) is 0. The summed E-state index contributed by atoms with van der Waals surface area (Å²) in [5, 5.41) is 4.00. The van der Waals surface area contributed by atoms with E-state index in [1.54, 1.807) is 17.0 Å². The number of rotatable bonds is 4. The number of nitrogens with zero attached hydrogens (tertiary/aromatic N) is 1. The summed E-state index contributed by atoms with van der Waals surface area (Å²) >= 11 is 5.96. The first-order valence-corrected chi connectivity index (χ1v) is 8.67. The van der Waals surface area contributed by atoms with Crippen molar-refractivity contribution < 1.29 is 13.9 Å². The standard InChI is InChI=1S/C19H20ClFN2O2/c1-2-23(19(24)25-18-6-4-3-5-16(18)21)17-12-22-11-15(17)13-7-9-14(20)10-8-13/h3-10,15,17,22H,2,11-12H2,1H3/t15-,17+/m0/s1. The maximum Gasteiger partial charge on any atom is 0.415 e. The second kappa shape index (κ2) is 7.85. The molecule has 0 aliphatic carbocycles. The van der Waals surface area contributed by atoms with Crippen LogP contribution in [0.2, 0.25) is 5.02 Å². The molecule has 1 N–H and O–H groups in total. The molecule has 2 aromatic carbocycles. The van der Waals surface area contributed by atoms with E-state index in [0.717, 1.165) is 12.1 Å². The van der Waals surface area contributed by atoms with Crippen molar-refractivity contribution in [2.75, 3.05) is 19.6 Å². The summed E-state index contributed by atoms with van der Waals surface area (Å²) in [4.78, 5) is 14.2. The zero-order chi connectivity index (χ0) is 17.8. The SMILES string of the molecule is CCN(C(=O)Oc1ccccc1F)[C@@H]1CNC[C@H]1c1ccc(Cl)cc1. The molecule has 0 radical (unpaired) electrons. The number of ether oxygens (including phenoxy) is 1. The molecule has 1 saturated heterocycles. The third kappa shape index (κ3) is 3.94. The van der Waals surface area contributed by atoms with Crippen molar-refractivity contribution >= 4 is 17.7 Å². The van der Waals surface area contributed by atoms with Gasteiger partial charge >= 0.3 is 6.09 Å². The molecule has 0 unspecified atom stereocenters. The highest BCUT2D eigenvalue weighted by atomic mass is 35.5. The fourth-order valence-electron chi connectivity index (χ4n) is 3.22. The van der Waals surface area contributed by atoms with Gasteiger partial charge in [-0.3, -0.25) is 0 Å². The van der Waals surface area contributed by atoms with E-state index < -0.39 is 11.9 Å². The fourth-order valence-corrected chi connectivity index (χ4v) is 3.35. The number of amides is 1. The van der Waals surface area contributed by atoms with Crippen molar-refractivity contribution in [3.63, 3.8) is 0 Å². The van der Waals surface area contributed by atoms with Gasteiger partial charge in [-0.1, -0.05) is 35.9 Å². The van der Waals surface area contributed by atoms with Gasteiger partial charge in [-0.25, -0.2) is 9.18 Å². The Bertz CT molecular complexity index is 738. The summed E-state index contributed by atoms with van der Waals surface area (Å²) < 4.78 is 19.0. The molecular formula is C19H20ClFN2O2. The Balaban J connectivity index is 1.78. The van der Waals surface area contributed by atoms with Gasteiger partial charge in [0, 0.05) is 30.6 Å². The van der Waals surface area contributed by atoms with Crippen LogP contribution in [-0.4, -0.2) is 36.7 Å². The summed E-state index contributed by atoms with van der Waals surface area (Å²) in [5.74, 6) is -0.476. The largest absolute Gasteiger partial charge is 0.415 e. The third-order valence-corrected chi connectivity index (χ3v) is 4.74. The number of carbonyl (C=O) groups excluding carboxylic acids is 1. The number of hydrogen-bond acceptors (Lipinski definition) is 3. The lowest BCUT2D eigenvalue weighted by atomic mass is 9.93. The van der Waals surface area contributed by atoms with Gasteiger partial charge in [0.15, 0.2) is 11.6 Å². The first-order chi connectivity index (χ1) is 12.1. The minimum absolute atomic E-state index is 0.0556. The van der Waals surface area contributed by atoms with Crippen LogP contribution in [0.5, 0.6) is 5.75 Å². The average molecular weight is 363 g/mol. The van der Waals surface area contributed by atoms with Gasteiger partial charge in [0.05, 0.1) is 6.04 Å². The Hall–Kier alpha value is -2.11. The van der Waals surface area contributed by atoms with Crippen LogP contribution in [0.1, 0.15) is 18.4 Å². The smallest absolute Gasteiger partial charge is 0.407 e. The van der Waals surface area contributed by atoms with E-state index in [1.165, 1.54) is 12.1 Å². The number of nitrogens with one attached hydrogen (secondary N) is 1. The number of likely N-dealkylation sites (N-methyl/N-ethyl adjacent to an activating group) is 1. The topological polar surface area (TPSA) is 41.6 Å². The Kier molecular flexibility index (Phi) is 5.56. The maximum atomic E-state index is 13.8. The van der Waals surface area contributed by atoms with Gasteiger partial charge in [0.25, 0.3) is 0 Å². The van der Waals surface area contributed by atoms with Gasteiger partial charge in [-0.15, -0.1) is 0 Å². The van der Waals surface area contributed by atoms with Crippen LogP contribution >= 0.6 is 11.6 Å². The lowest BCUT2D eigenvalue weighted by Crippen LogP contribution is -2.45. The molecule has 1 heterocycles. The molecule has 3 rings (SSSR count). The molecule has 1 amide bonds. The second-order valence-corrected chi connectivity index (χ2v) is 6.40. The first kappa shape index (κ1) is 17.7. The summed E-state index contributed by atoms with van der Waals surface area (Å²) in [6, 6.07) is 13.5. The lowest BCUT2D eigenvalue weighted by molar-refractivity contribution is 0.132. The van der Waals surface area contributed by atoms with Gasteiger partial charge in [-0.05, 0) is 36.8 Å². The van der Waals surface area contributed by atoms with Gasteiger partial charge < -0.3 is 15.0 Å². The molecule has 2 aromatic rings. The zero-order valence-corrected chi connectivity index (χ0v) is 14.7. The zero-order valence-electron chi connectivity index (χ0n) is 13.9. The molecular weight excluding hydrogens is 343 g/mol. The van der Waals surface area contributed by atoms with Crippen molar-refractivity contribution in [1.82, 2.24) is 10.2 Å². The Morgan fingerprint density at radius 2 is 1.96 bits per heavy atom. The summed E-state index contributed by atoms with van der Waals surface area (Å²) in [6.45, 7) is 3.78. The Morgan fingerprint density at radius 1 is 1.24 bits per heavy atom. The van der Waals surface area contributed by atoms with Crippen LogP contribution in [0, 0.1) is 5.82 Å². The Labute approximate surface area is 151 Å². The van der Waals surface area contributed by atoms with Crippen molar-refractivity contribution in [3.8, 4) is 5.75 Å². The number of para-hydroxylation sites is 1.